The Bertz CT molecular complexity index is 1050. The molecule has 0 aliphatic heterocycles. The van der Waals surface area contributed by atoms with E-state index in [9.17, 15) is 9.59 Å². The molecule has 0 unspecified atom stereocenters. The van der Waals surface area contributed by atoms with Crippen LogP contribution >= 0.6 is 11.6 Å². The van der Waals surface area contributed by atoms with Crippen molar-refractivity contribution >= 4 is 23.0 Å². The molecule has 0 spiro atoms. The van der Waals surface area contributed by atoms with Crippen molar-refractivity contribution in [3.63, 3.8) is 0 Å². The van der Waals surface area contributed by atoms with E-state index in [0.29, 0.717) is 27.7 Å². The van der Waals surface area contributed by atoms with Crippen LogP contribution in [-0.4, -0.2) is 7.11 Å². The van der Waals surface area contributed by atoms with E-state index < -0.39 is 10.9 Å². The topological polar surface area (TPSA) is 55.4 Å². The second-order valence-electron chi connectivity index (χ2n) is 6.13. The highest BCUT2D eigenvalue weighted by atomic mass is 35.5. The molecular formula is C20H18ClNO3. The Morgan fingerprint density at radius 3 is 2.24 bits per heavy atom. The van der Waals surface area contributed by atoms with Crippen molar-refractivity contribution in [1.82, 2.24) is 0 Å². The Kier molecular flexibility index (Phi) is 4.39. The van der Waals surface area contributed by atoms with Crippen molar-refractivity contribution in [2.75, 3.05) is 12.4 Å². The number of anilines is 2. The number of hydrogen-bond donors (Lipinski definition) is 1. The van der Waals surface area contributed by atoms with Crippen molar-refractivity contribution in [3.05, 3.63) is 72.5 Å². The monoisotopic (exact) mass is 355 g/mol. The standard InChI is InChI=1S/C20H18ClNO3/c1-10-7-12(3)14(8-11(10)2)17-18(20(24)19(17)23)22-13-5-6-16(25-4)15(21)9-13/h5-9,22H,1-4H3. The Hall–Kier alpha value is -2.59. The number of aryl methyl sites for hydroxylation is 3. The van der Waals surface area contributed by atoms with Crippen LogP contribution in [0.15, 0.2) is 39.9 Å². The first-order valence-electron chi connectivity index (χ1n) is 7.85. The van der Waals surface area contributed by atoms with Gasteiger partial charge in [-0.2, -0.15) is 0 Å². The van der Waals surface area contributed by atoms with E-state index in [1.165, 1.54) is 7.11 Å². The molecular weight excluding hydrogens is 338 g/mol. The van der Waals surface area contributed by atoms with Crippen LogP contribution in [0.4, 0.5) is 11.4 Å². The van der Waals surface area contributed by atoms with Crippen LogP contribution in [0.1, 0.15) is 16.7 Å². The molecule has 0 aromatic heterocycles. The molecule has 128 valence electrons. The van der Waals surface area contributed by atoms with E-state index in [2.05, 4.69) is 5.32 Å². The van der Waals surface area contributed by atoms with Crippen LogP contribution < -0.4 is 20.9 Å². The highest BCUT2D eigenvalue weighted by Gasteiger charge is 2.24. The molecule has 0 heterocycles. The maximum Gasteiger partial charge on any atom is 0.250 e. The lowest BCUT2D eigenvalue weighted by atomic mass is 9.91. The van der Waals surface area contributed by atoms with Gasteiger partial charge in [0.2, 0.25) is 5.43 Å². The zero-order chi connectivity index (χ0) is 18.3. The molecule has 1 N–H and O–H groups in total. The van der Waals surface area contributed by atoms with Gasteiger partial charge < -0.3 is 10.1 Å². The summed E-state index contributed by atoms with van der Waals surface area (Å²) in [5.74, 6) is 0.544. The molecule has 0 fully saturated rings. The highest BCUT2D eigenvalue weighted by Crippen LogP contribution is 2.33. The van der Waals surface area contributed by atoms with Crippen LogP contribution in [0.3, 0.4) is 0 Å². The SMILES string of the molecule is COc1ccc(Nc2c(-c3cc(C)c(C)cc3C)c(=O)c2=O)cc1Cl. The summed E-state index contributed by atoms with van der Waals surface area (Å²) in [5.41, 5.74) is 4.35. The number of ether oxygens (including phenoxy) is 1. The highest BCUT2D eigenvalue weighted by molar-refractivity contribution is 6.32. The fourth-order valence-corrected chi connectivity index (χ4v) is 3.14. The predicted octanol–water partition coefficient (Wildman–Crippen LogP) is 4.28. The van der Waals surface area contributed by atoms with Gasteiger partial charge in [-0.1, -0.05) is 23.7 Å². The molecule has 0 aliphatic rings. The largest absolute Gasteiger partial charge is 0.495 e. The first-order chi connectivity index (χ1) is 11.8. The molecule has 25 heavy (non-hydrogen) atoms. The second kappa shape index (κ2) is 6.37. The molecule has 5 heteroatoms. The first kappa shape index (κ1) is 17.2. The number of hydrogen-bond acceptors (Lipinski definition) is 4. The number of halogens is 1. The van der Waals surface area contributed by atoms with Crippen molar-refractivity contribution in [2.45, 2.75) is 20.8 Å². The van der Waals surface area contributed by atoms with Crippen molar-refractivity contribution < 1.29 is 4.74 Å². The van der Waals surface area contributed by atoms with E-state index in [1.54, 1.807) is 18.2 Å². The third-order valence-corrected chi connectivity index (χ3v) is 4.74. The van der Waals surface area contributed by atoms with Gasteiger partial charge in [-0.25, -0.2) is 0 Å². The summed E-state index contributed by atoms with van der Waals surface area (Å²) in [6.07, 6.45) is 0. The Balaban J connectivity index is 2.05. The molecule has 3 aromatic carbocycles. The Morgan fingerprint density at radius 1 is 0.920 bits per heavy atom. The second-order valence-corrected chi connectivity index (χ2v) is 6.54. The van der Waals surface area contributed by atoms with Crippen molar-refractivity contribution in [1.29, 1.82) is 0 Å². The molecule has 0 saturated carbocycles. The van der Waals surface area contributed by atoms with E-state index in [4.69, 9.17) is 16.3 Å². The molecule has 4 nitrogen and oxygen atoms in total. The number of benzene rings is 2. The summed E-state index contributed by atoms with van der Waals surface area (Å²) in [5, 5.41) is 3.46. The van der Waals surface area contributed by atoms with E-state index >= 15 is 0 Å². The van der Waals surface area contributed by atoms with Gasteiger partial charge in [0, 0.05) is 5.69 Å². The van der Waals surface area contributed by atoms with Crippen LogP contribution in [0.5, 0.6) is 5.75 Å². The minimum atomic E-state index is -0.514. The maximum absolute atomic E-state index is 12.2. The summed E-state index contributed by atoms with van der Waals surface area (Å²) in [6.45, 7) is 5.94. The molecule has 0 amide bonds. The summed E-state index contributed by atoms with van der Waals surface area (Å²) < 4.78 is 5.12. The number of methoxy groups -OCH3 is 1. The predicted molar refractivity (Wildman–Crippen MR) is 102 cm³/mol. The smallest absolute Gasteiger partial charge is 0.250 e. The van der Waals surface area contributed by atoms with Gasteiger partial charge in [0.15, 0.2) is 0 Å². The summed E-state index contributed by atoms with van der Waals surface area (Å²) in [6, 6.07) is 9.09. The molecule has 0 aliphatic carbocycles. The average Bonchev–Trinajstić information content (AvgIpc) is 2.58. The third-order valence-electron chi connectivity index (χ3n) is 4.44. The molecule has 0 atom stereocenters. The Labute approximate surface area is 150 Å². The Morgan fingerprint density at radius 2 is 1.60 bits per heavy atom. The minimum absolute atomic E-state index is 0.303. The van der Waals surface area contributed by atoms with Gasteiger partial charge in [-0.05, 0) is 61.2 Å². The van der Waals surface area contributed by atoms with Gasteiger partial charge in [-0.3, -0.25) is 9.59 Å². The van der Waals surface area contributed by atoms with Gasteiger partial charge in [0.05, 0.1) is 17.7 Å². The molecule has 0 bridgehead atoms. The van der Waals surface area contributed by atoms with Crippen LogP contribution in [0.2, 0.25) is 5.02 Å². The van der Waals surface area contributed by atoms with E-state index in [1.807, 2.05) is 32.9 Å². The van der Waals surface area contributed by atoms with Crippen LogP contribution in [0, 0.1) is 20.8 Å². The number of nitrogens with one attached hydrogen (secondary N) is 1. The average molecular weight is 356 g/mol. The van der Waals surface area contributed by atoms with Crippen LogP contribution in [0.25, 0.3) is 11.1 Å². The summed E-state index contributed by atoms with van der Waals surface area (Å²) >= 11 is 6.12. The quantitative estimate of drug-likeness (QED) is 0.710. The molecule has 0 saturated heterocycles. The first-order valence-corrected chi connectivity index (χ1v) is 8.23. The van der Waals surface area contributed by atoms with Crippen LogP contribution in [-0.2, 0) is 0 Å². The summed E-state index contributed by atoms with van der Waals surface area (Å²) in [7, 11) is 1.53. The fraction of sp³-hybridized carbons (Fsp3) is 0.200. The van der Waals surface area contributed by atoms with Crippen molar-refractivity contribution in [2.24, 2.45) is 0 Å². The van der Waals surface area contributed by atoms with E-state index in [0.717, 1.165) is 22.3 Å². The van der Waals surface area contributed by atoms with Crippen molar-refractivity contribution in [3.8, 4) is 16.9 Å². The molecule has 3 rings (SSSR count). The van der Waals surface area contributed by atoms with Gasteiger partial charge in [0.25, 0.3) is 5.43 Å². The lowest BCUT2D eigenvalue weighted by Crippen LogP contribution is -2.35. The third kappa shape index (κ3) is 2.94. The zero-order valence-electron chi connectivity index (χ0n) is 14.5. The molecule has 0 radical (unpaired) electrons. The minimum Gasteiger partial charge on any atom is -0.495 e. The lowest BCUT2D eigenvalue weighted by molar-refractivity contribution is 0.415. The lowest BCUT2D eigenvalue weighted by Gasteiger charge is -2.17. The number of rotatable bonds is 4. The van der Waals surface area contributed by atoms with Gasteiger partial charge >= 0.3 is 0 Å². The summed E-state index contributed by atoms with van der Waals surface area (Å²) in [4.78, 5) is 24.3. The fourth-order valence-electron chi connectivity index (χ4n) is 2.89. The van der Waals surface area contributed by atoms with Gasteiger partial charge in [0.1, 0.15) is 11.4 Å². The van der Waals surface area contributed by atoms with Gasteiger partial charge in [-0.15, -0.1) is 0 Å². The normalized spacial score (nSPS) is 10.9. The molecule has 3 aromatic rings. The zero-order valence-corrected chi connectivity index (χ0v) is 15.2. The van der Waals surface area contributed by atoms with E-state index in [-0.39, 0.29) is 0 Å². The maximum atomic E-state index is 12.2.